The average Bonchev–Trinajstić information content (AvgIpc) is 2.79. The van der Waals surface area contributed by atoms with Gasteiger partial charge in [0.2, 0.25) is 5.88 Å². The second kappa shape index (κ2) is 5.37. The van der Waals surface area contributed by atoms with Gasteiger partial charge >= 0.3 is 0 Å². The van der Waals surface area contributed by atoms with Gasteiger partial charge in [0.1, 0.15) is 0 Å². The van der Waals surface area contributed by atoms with E-state index in [0.29, 0.717) is 17.4 Å². The molecule has 0 aliphatic heterocycles. The van der Waals surface area contributed by atoms with Gasteiger partial charge in [-0.05, 0) is 13.0 Å². The van der Waals surface area contributed by atoms with Gasteiger partial charge in [-0.2, -0.15) is 5.10 Å². The molecule has 0 radical (unpaired) electrons. The van der Waals surface area contributed by atoms with Gasteiger partial charge < -0.3 is 10.5 Å². The normalized spacial score (nSPS) is 12.4. The summed E-state index contributed by atoms with van der Waals surface area (Å²) in [5.41, 5.74) is 7.81. The number of aromatic nitrogens is 3. The third kappa shape index (κ3) is 2.19. The predicted octanol–water partition coefficient (Wildman–Crippen LogP) is 2.01. The summed E-state index contributed by atoms with van der Waals surface area (Å²) in [6.07, 6.45) is 3.26. The maximum absolute atomic E-state index is 6.25. The molecule has 2 aromatic heterocycles. The van der Waals surface area contributed by atoms with Gasteiger partial charge in [0, 0.05) is 18.3 Å². The van der Waals surface area contributed by atoms with E-state index in [-0.39, 0.29) is 0 Å². The van der Waals surface area contributed by atoms with Crippen LogP contribution in [0.2, 0.25) is 5.02 Å². The second-order valence-electron chi connectivity index (χ2n) is 3.77. The zero-order valence-electron chi connectivity index (χ0n) is 10.3. The maximum atomic E-state index is 6.25. The summed E-state index contributed by atoms with van der Waals surface area (Å²) in [6, 6.07) is 3.28. The molecule has 0 spiro atoms. The third-order valence-electron chi connectivity index (χ3n) is 2.76. The first-order valence-corrected chi connectivity index (χ1v) is 6.02. The topological polar surface area (TPSA) is 66.0 Å². The van der Waals surface area contributed by atoms with E-state index in [9.17, 15) is 0 Å². The quantitative estimate of drug-likeness (QED) is 0.919. The van der Waals surface area contributed by atoms with Crippen LogP contribution in [0.1, 0.15) is 24.2 Å². The largest absolute Gasteiger partial charge is 0.481 e. The lowest BCUT2D eigenvalue weighted by Crippen LogP contribution is -2.18. The van der Waals surface area contributed by atoms with Crippen LogP contribution in [0.3, 0.4) is 0 Å². The van der Waals surface area contributed by atoms with Crippen molar-refractivity contribution >= 4 is 11.6 Å². The number of methoxy groups -OCH3 is 1. The molecule has 2 N–H and O–H groups in total. The number of ether oxygens (including phenoxy) is 1. The van der Waals surface area contributed by atoms with Gasteiger partial charge in [-0.15, -0.1) is 0 Å². The van der Waals surface area contributed by atoms with Crippen LogP contribution in [0.4, 0.5) is 0 Å². The summed E-state index contributed by atoms with van der Waals surface area (Å²) in [6.45, 7) is 2.69. The van der Waals surface area contributed by atoms with Gasteiger partial charge in [-0.3, -0.25) is 4.68 Å². The zero-order valence-corrected chi connectivity index (χ0v) is 11.1. The molecule has 2 aromatic rings. The number of hydrogen-bond donors (Lipinski definition) is 1. The van der Waals surface area contributed by atoms with Crippen molar-refractivity contribution < 1.29 is 4.74 Å². The minimum atomic E-state index is -0.413. The van der Waals surface area contributed by atoms with Gasteiger partial charge in [-0.1, -0.05) is 17.7 Å². The first-order chi connectivity index (χ1) is 8.69. The van der Waals surface area contributed by atoms with Gasteiger partial charge in [0.15, 0.2) is 0 Å². The SMILES string of the molecule is CCn1ncc(Cl)c1C(N)c1cccnc1OC. The molecule has 1 unspecified atom stereocenters. The fourth-order valence-corrected chi connectivity index (χ4v) is 2.15. The van der Waals surface area contributed by atoms with Crippen LogP contribution in [0.5, 0.6) is 5.88 Å². The van der Waals surface area contributed by atoms with Gasteiger partial charge in [0.05, 0.1) is 30.1 Å². The summed E-state index contributed by atoms with van der Waals surface area (Å²) in [5.74, 6) is 0.505. The molecule has 6 heteroatoms. The van der Waals surface area contributed by atoms with E-state index in [2.05, 4.69) is 10.1 Å². The van der Waals surface area contributed by atoms with E-state index in [1.165, 1.54) is 0 Å². The lowest BCUT2D eigenvalue weighted by Gasteiger charge is -2.16. The number of halogens is 1. The molecule has 0 aromatic carbocycles. The average molecular weight is 267 g/mol. The van der Waals surface area contributed by atoms with Crippen molar-refractivity contribution in [2.24, 2.45) is 5.73 Å². The summed E-state index contributed by atoms with van der Waals surface area (Å²) in [5, 5.41) is 4.73. The summed E-state index contributed by atoms with van der Waals surface area (Å²) < 4.78 is 6.99. The van der Waals surface area contributed by atoms with Crippen molar-refractivity contribution in [1.82, 2.24) is 14.8 Å². The molecule has 0 aliphatic carbocycles. The molecule has 0 saturated carbocycles. The van der Waals surface area contributed by atoms with Crippen LogP contribution in [0.15, 0.2) is 24.5 Å². The lowest BCUT2D eigenvalue weighted by atomic mass is 10.1. The Morgan fingerprint density at radius 2 is 2.33 bits per heavy atom. The first kappa shape index (κ1) is 12.9. The summed E-state index contributed by atoms with van der Waals surface area (Å²) in [4.78, 5) is 4.14. The van der Waals surface area contributed by atoms with Gasteiger partial charge in [-0.25, -0.2) is 4.98 Å². The molecule has 0 fully saturated rings. The molecule has 0 amide bonds. The molecule has 1 atom stereocenters. The standard InChI is InChI=1S/C12H15ClN4O/c1-3-17-11(9(13)7-16-17)10(14)8-5-4-6-15-12(8)18-2/h4-7,10H,3,14H2,1-2H3. The van der Waals surface area contributed by atoms with Crippen LogP contribution in [-0.2, 0) is 6.54 Å². The van der Waals surface area contributed by atoms with E-state index in [4.69, 9.17) is 22.1 Å². The van der Waals surface area contributed by atoms with Crippen LogP contribution in [0.25, 0.3) is 0 Å². The Morgan fingerprint density at radius 3 is 3.00 bits per heavy atom. The van der Waals surface area contributed by atoms with Crippen molar-refractivity contribution in [2.75, 3.05) is 7.11 Å². The highest BCUT2D eigenvalue weighted by atomic mass is 35.5. The predicted molar refractivity (Wildman–Crippen MR) is 69.7 cm³/mol. The number of pyridine rings is 1. The van der Waals surface area contributed by atoms with Crippen molar-refractivity contribution in [2.45, 2.75) is 19.5 Å². The lowest BCUT2D eigenvalue weighted by molar-refractivity contribution is 0.389. The highest BCUT2D eigenvalue weighted by Crippen LogP contribution is 2.30. The molecular weight excluding hydrogens is 252 g/mol. The van der Waals surface area contributed by atoms with E-state index in [1.54, 1.807) is 24.2 Å². The van der Waals surface area contributed by atoms with Crippen molar-refractivity contribution in [3.05, 3.63) is 40.8 Å². The fraction of sp³-hybridized carbons (Fsp3) is 0.333. The second-order valence-corrected chi connectivity index (χ2v) is 4.18. The molecule has 96 valence electrons. The Bertz CT molecular complexity index is 541. The van der Waals surface area contributed by atoms with Crippen LogP contribution in [-0.4, -0.2) is 21.9 Å². The Balaban J connectivity index is 2.47. The Morgan fingerprint density at radius 1 is 1.56 bits per heavy atom. The minimum Gasteiger partial charge on any atom is -0.481 e. The number of aryl methyl sites for hydroxylation is 1. The van der Waals surface area contributed by atoms with E-state index in [1.807, 2.05) is 19.1 Å². The Hall–Kier alpha value is -1.59. The Kier molecular flexibility index (Phi) is 3.84. The van der Waals surface area contributed by atoms with E-state index >= 15 is 0 Å². The third-order valence-corrected chi connectivity index (χ3v) is 3.05. The highest BCUT2D eigenvalue weighted by Gasteiger charge is 2.21. The molecule has 2 heterocycles. The number of rotatable bonds is 4. The molecule has 18 heavy (non-hydrogen) atoms. The number of nitrogens with two attached hydrogens (primary N) is 1. The molecular formula is C12H15ClN4O. The van der Waals surface area contributed by atoms with Crippen molar-refractivity contribution in [1.29, 1.82) is 0 Å². The molecule has 0 saturated heterocycles. The highest BCUT2D eigenvalue weighted by molar-refractivity contribution is 6.31. The van der Waals surface area contributed by atoms with Crippen LogP contribution < -0.4 is 10.5 Å². The fourth-order valence-electron chi connectivity index (χ4n) is 1.89. The van der Waals surface area contributed by atoms with Crippen molar-refractivity contribution in [3.63, 3.8) is 0 Å². The maximum Gasteiger partial charge on any atom is 0.218 e. The van der Waals surface area contributed by atoms with Gasteiger partial charge in [0.25, 0.3) is 0 Å². The molecule has 2 rings (SSSR count). The first-order valence-electron chi connectivity index (χ1n) is 5.64. The molecule has 5 nitrogen and oxygen atoms in total. The number of hydrogen-bond acceptors (Lipinski definition) is 4. The van der Waals surface area contributed by atoms with Crippen molar-refractivity contribution in [3.8, 4) is 5.88 Å². The minimum absolute atomic E-state index is 0.413. The summed E-state index contributed by atoms with van der Waals surface area (Å²) in [7, 11) is 1.57. The molecule has 0 aliphatic rings. The van der Waals surface area contributed by atoms with E-state index < -0.39 is 6.04 Å². The number of nitrogens with zero attached hydrogens (tertiary/aromatic N) is 3. The van der Waals surface area contributed by atoms with Crippen LogP contribution in [0, 0.1) is 0 Å². The monoisotopic (exact) mass is 266 g/mol. The van der Waals surface area contributed by atoms with E-state index in [0.717, 1.165) is 11.3 Å². The summed E-state index contributed by atoms with van der Waals surface area (Å²) >= 11 is 6.14. The Labute approximate surface area is 111 Å². The smallest absolute Gasteiger partial charge is 0.218 e. The molecule has 0 bridgehead atoms. The van der Waals surface area contributed by atoms with Crippen LogP contribution >= 0.6 is 11.6 Å². The zero-order chi connectivity index (χ0) is 13.1.